The average Bonchev–Trinajstić information content (AvgIpc) is 2.53. The third-order valence-corrected chi connectivity index (χ3v) is 8.75. The number of aryl methyl sites for hydroxylation is 1. The average molecular weight is 284 g/mol. The summed E-state index contributed by atoms with van der Waals surface area (Å²) in [6.07, 6.45) is 0. The highest BCUT2D eigenvalue weighted by Crippen LogP contribution is 2.75. The van der Waals surface area contributed by atoms with Crippen LogP contribution in [0.1, 0.15) is 84.6 Å². The van der Waals surface area contributed by atoms with Gasteiger partial charge in [0.25, 0.3) is 0 Å². The number of hydrogen-bond donors (Lipinski definition) is 0. The van der Waals surface area contributed by atoms with E-state index in [0.29, 0.717) is 0 Å². The fourth-order valence-corrected chi connectivity index (χ4v) is 5.64. The van der Waals surface area contributed by atoms with Crippen molar-refractivity contribution in [3.8, 4) is 0 Å². The Hall–Kier alpha value is -0.780. The summed E-state index contributed by atoms with van der Waals surface area (Å²) in [5.41, 5.74) is 7.40. The van der Waals surface area contributed by atoms with Crippen LogP contribution in [0.25, 0.3) is 0 Å². The van der Waals surface area contributed by atoms with Crippen LogP contribution in [-0.2, 0) is 16.2 Å². The highest BCUT2D eigenvalue weighted by Gasteiger charge is 2.72. The topological polar surface area (TPSA) is 0 Å². The quantitative estimate of drug-likeness (QED) is 0.557. The van der Waals surface area contributed by atoms with Crippen LogP contribution in [0.15, 0.2) is 12.1 Å². The van der Waals surface area contributed by atoms with Crippen molar-refractivity contribution >= 4 is 0 Å². The first-order valence-corrected chi connectivity index (χ1v) is 8.40. The molecule has 0 heteroatoms. The first kappa shape index (κ1) is 15.1. The van der Waals surface area contributed by atoms with Crippen molar-refractivity contribution in [3.05, 3.63) is 34.4 Å². The summed E-state index contributed by atoms with van der Waals surface area (Å²) in [5, 5.41) is 0. The molecule has 2 aliphatic rings. The second kappa shape index (κ2) is 3.42. The van der Waals surface area contributed by atoms with Crippen LogP contribution in [0.5, 0.6) is 0 Å². The summed E-state index contributed by atoms with van der Waals surface area (Å²) in [6, 6.07) is 4.92. The van der Waals surface area contributed by atoms with Gasteiger partial charge < -0.3 is 0 Å². The first-order chi connectivity index (χ1) is 9.24. The van der Waals surface area contributed by atoms with Crippen molar-refractivity contribution in [2.75, 3.05) is 0 Å². The first-order valence-electron chi connectivity index (χ1n) is 8.40. The Kier molecular flexibility index (Phi) is 2.46. The lowest BCUT2D eigenvalue weighted by Gasteiger charge is -2.56. The van der Waals surface area contributed by atoms with Gasteiger partial charge in [-0.3, -0.25) is 0 Å². The van der Waals surface area contributed by atoms with Crippen molar-refractivity contribution in [2.45, 2.75) is 85.5 Å². The molecule has 0 saturated heterocycles. The number of rotatable bonds is 0. The molecule has 0 spiro atoms. The van der Waals surface area contributed by atoms with Crippen LogP contribution in [0.3, 0.4) is 0 Å². The molecular weight excluding hydrogens is 252 g/mol. The second-order valence-electron chi connectivity index (χ2n) is 9.86. The molecule has 0 N–H and O–H groups in total. The Labute approximate surface area is 131 Å². The second-order valence-corrected chi connectivity index (χ2v) is 9.86. The minimum atomic E-state index is 0.214. The van der Waals surface area contributed by atoms with Gasteiger partial charge in [-0.25, -0.2) is 0 Å². The molecule has 21 heavy (non-hydrogen) atoms. The van der Waals surface area contributed by atoms with Gasteiger partial charge in [-0.05, 0) is 45.3 Å². The standard InChI is InChI=1S/C21H32/c1-13-11-14-16-15(12-13)18(4,5)20(8,9)21(16,10)19(6,7)17(14,2)3/h11-12H,1-10H3. The number of hydrogen-bond acceptors (Lipinski definition) is 0. The Bertz CT molecular complexity index is 589. The Morgan fingerprint density at radius 1 is 0.619 bits per heavy atom. The van der Waals surface area contributed by atoms with E-state index in [0.717, 1.165) is 0 Å². The molecule has 0 aromatic heterocycles. The molecule has 116 valence electrons. The van der Waals surface area contributed by atoms with Crippen LogP contribution in [-0.4, -0.2) is 0 Å². The summed E-state index contributed by atoms with van der Waals surface area (Å²) in [5.74, 6) is 0. The van der Waals surface area contributed by atoms with Gasteiger partial charge in [0.15, 0.2) is 0 Å². The van der Waals surface area contributed by atoms with E-state index in [1.165, 1.54) is 5.56 Å². The molecular formula is C21H32. The summed E-state index contributed by atoms with van der Waals surface area (Å²) >= 11 is 0. The molecule has 0 atom stereocenters. The lowest BCUT2D eigenvalue weighted by atomic mass is 9.47. The van der Waals surface area contributed by atoms with Crippen LogP contribution in [0.2, 0.25) is 0 Å². The highest BCUT2D eigenvalue weighted by molar-refractivity contribution is 5.62. The molecule has 0 aliphatic heterocycles. The van der Waals surface area contributed by atoms with Gasteiger partial charge in [-0.15, -0.1) is 0 Å². The third kappa shape index (κ3) is 1.19. The molecule has 0 bridgehead atoms. The zero-order valence-corrected chi connectivity index (χ0v) is 15.7. The fourth-order valence-electron chi connectivity index (χ4n) is 5.64. The zero-order chi connectivity index (χ0) is 16.2. The van der Waals surface area contributed by atoms with Crippen molar-refractivity contribution in [1.29, 1.82) is 0 Å². The Morgan fingerprint density at radius 2 is 0.952 bits per heavy atom. The Balaban J connectivity index is 2.56. The highest BCUT2D eigenvalue weighted by atomic mass is 14.7. The van der Waals surface area contributed by atoms with Crippen molar-refractivity contribution in [3.63, 3.8) is 0 Å². The zero-order valence-electron chi connectivity index (χ0n) is 15.7. The third-order valence-electron chi connectivity index (χ3n) is 8.75. The lowest BCUT2D eigenvalue weighted by molar-refractivity contribution is -0.0105. The minimum absolute atomic E-state index is 0.214. The Morgan fingerprint density at radius 3 is 1.29 bits per heavy atom. The van der Waals surface area contributed by atoms with E-state index >= 15 is 0 Å². The molecule has 0 radical (unpaired) electrons. The number of benzene rings is 1. The van der Waals surface area contributed by atoms with E-state index in [9.17, 15) is 0 Å². The SMILES string of the molecule is Cc1cc2c3c(c1)C(C)(C)C(C)(C)C3(C)C(C)(C)C2(C)C. The molecule has 1 aromatic carbocycles. The van der Waals surface area contributed by atoms with Gasteiger partial charge in [0, 0.05) is 5.41 Å². The van der Waals surface area contributed by atoms with Crippen LogP contribution in [0, 0.1) is 17.8 Å². The molecule has 3 rings (SSSR count). The lowest BCUT2D eigenvalue weighted by Crippen LogP contribution is -2.55. The molecule has 0 saturated carbocycles. The summed E-state index contributed by atoms with van der Waals surface area (Å²) in [4.78, 5) is 0. The smallest absolute Gasteiger partial charge is 0.00494 e. The molecule has 2 aliphatic carbocycles. The molecule has 1 aromatic rings. The van der Waals surface area contributed by atoms with Crippen LogP contribution < -0.4 is 0 Å². The van der Waals surface area contributed by atoms with Crippen molar-refractivity contribution < 1.29 is 0 Å². The monoisotopic (exact) mass is 284 g/mol. The molecule has 0 fully saturated rings. The van der Waals surface area contributed by atoms with Gasteiger partial charge in [0.1, 0.15) is 0 Å². The molecule has 0 amide bonds. The van der Waals surface area contributed by atoms with E-state index < -0.39 is 0 Å². The minimum Gasteiger partial charge on any atom is -0.0582 e. The molecule has 0 nitrogen and oxygen atoms in total. The van der Waals surface area contributed by atoms with Crippen molar-refractivity contribution in [1.82, 2.24) is 0 Å². The maximum atomic E-state index is 2.54. The van der Waals surface area contributed by atoms with Crippen LogP contribution >= 0.6 is 0 Å². The largest absolute Gasteiger partial charge is 0.0582 e. The predicted octanol–water partition coefficient (Wildman–Crippen LogP) is 5.89. The maximum absolute atomic E-state index is 2.54. The summed E-state index contributed by atoms with van der Waals surface area (Å²) in [7, 11) is 0. The van der Waals surface area contributed by atoms with Gasteiger partial charge in [0.2, 0.25) is 0 Å². The van der Waals surface area contributed by atoms with E-state index in [4.69, 9.17) is 0 Å². The van der Waals surface area contributed by atoms with E-state index in [-0.39, 0.29) is 27.1 Å². The van der Waals surface area contributed by atoms with Crippen molar-refractivity contribution in [2.24, 2.45) is 10.8 Å². The van der Waals surface area contributed by atoms with E-state index in [1.54, 1.807) is 16.7 Å². The normalized spacial score (nSPS) is 28.5. The summed E-state index contributed by atoms with van der Waals surface area (Å²) in [6.45, 7) is 24.6. The van der Waals surface area contributed by atoms with Gasteiger partial charge in [-0.1, -0.05) is 80.0 Å². The van der Waals surface area contributed by atoms with Gasteiger partial charge >= 0.3 is 0 Å². The van der Waals surface area contributed by atoms with E-state index in [1.807, 2.05) is 0 Å². The summed E-state index contributed by atoms with van der Waals surface area (Å²) < 4.78 is 0. The van der Waals surface area contributed by atoms with Gasteiger partial charge in [0.05, 0.1) is 0 Å². The van der Waals surface area contributed by atoms with Crippen LogP contribution in [0.4, 0.5) is 0 Å². The molecule has 0 unspecified atom stereocenters. The fraction of sp³-hybridized carbons (Fsp3) is 0.714. The molecule has 0 heterocycles. The maximum Gasteiger partial charge on any atom is 0.00494 e. The van der Waals surface area contributed by atoms with E-state index in [2.05, 4.69) is 81.4 Å². The van der Waals surface area contributed by atoms with Gasteiger partial charge in [-0.2, -0.15) is 0 Å². The predicted molar refractivity (Wildman–Crippen MR) is 92.1 cm³/mol.